The fourth-order valence-electron chi connectivity index (χ4n) is 1.43. The van der Waals surface area contributed by atoms with E-state index in [1.165, 1.54) is 17.8 Å². The predicted molar refractivity (Wildman–Crippen MR) is 74.8 cm³/mol. The molecule has 1 aromatic carbocycles. The van der Waals surface area contributed by atoms with Crippen LogP contribution in [0.5, 0.6) is 0 Å². The average molecular weight is 289 g/mol. The van der Waals surface area contributed by atoms with Crippen LogP contribution in [0.2, 0.25) is 0 Å². The maximum absolute atomic E-state index is 13.5. The number of hydrogen-bond acceptors (Lipinski definition) is 5. The maximum Gasteiger partial charge on any atom is 0.138 e. The van der Waals surface area contributed by atoms with Crippen LogP contribution in [0.15, 0.2) is 23.1 Å². The Balaban J connectivity index is 2.31. The fourth-order valence-corrected chi connectivity index (χ4v) is 2.26. The van der Waals surface area contributed by atoms with Gasteiger partial charge >= 0.3 is 0 Å². The Morgan fingerprint density at radius 1 is 1.42 bits per heavy atom. The number of methoxy groups -OCH3 is 1. The SMILES string of the molecule is COCC(C)OCC(O)CSc1ccc(N)cc1F. The highest BCUT2D eigenvalue weighted by molar-refractivity contribution is 7.99. The van der Waals surface area contributed by atoms with E-state index in [0.717, 1.165) is 0 Å². The molecule has 19 heavy (non-hydrogen) atoms. The Bertz CT molecular complexity index is 392. The van der Waals surface area contributed by atoms with Crippen molar-refractivity contribution >= 4 is 17.4 Å². The van der Waals surface area contributed by atoms with Gasteiger partial charge in [-0.1, -0.05) is 0 Å². The average Bonchev–Trinajstić information content (AvgIpc) is 2.35. The molecule has 2 unspecified atom stereocenters. The van der Waals surface area contributed by atoms with Crippen LogP contribution >= 0.6 is 11.8 Å². The van der Waals surface area contributed by atoms with Crippen molar-refractivity contribution in [2.24, 2.45) is 0 Å². The second-order valence-electron chi connectivity index (χ2n) is 4.25. The van der Waals surface area contributed by atoms with Crippen molar-refractivity contribution in [1.82, 2.24) is 0 Å². The Morgan fingerprint density at radius 2 is 2.16 bits per heavy atom. The number of nitrogen functional groups attached to an aromatic ring is 1. The molecule has 0 radical (unpaired) electrons. The summed E-state index contributed by atoms with van der Waals surface area (Å²) in [6.45, 7) is 2.55. The first-order valence-corrected chi connectivity index (χ1v) is 6.98. The Morgan fingerprint density at radius 3 is 2.79 bits per heavy atom. The lowest BCUT2D eigenvalue weighted by atomic mass is 10.3. The molecule has 0 spiro atoms. The van der Waals surface area contributed by atoms with Gasteiger partial charge in [0, 0.05) is 23.4 Å². The molecule has 1 aromatic rings. The number of ether oxygens (including phenoxy) is 2. The maximum atomic E-state index is 13.5. The molecular formula is C13H20FNO3S. The number of aliphatic hydroxyl groups is 1. The van der Waals surface area contributed by atoms with Crippen molar-refractivity contribution in [2.75, 3.05) is 31.8 Å². The molecule has 0 saturated heterocycles. The van der Waals surface area contributed by atoms with E-state index in [0.29, 0.717) is 22.9 Å². The number of benzene rings is 1. The first-order valence-electron chi connectivity index (χ1n) is 5.99. The molecule has 0 heterocycles. The smallest absolute Gasteiger partial charge is 0.138 e. The Kier molecular flexibility index (Phi) is 7.15. The Hall–Kier alpha value is -0.820. The minimum Gasteiger partial charge on any atom is -0.399 e. The highest BCUT2D eigenvalue weighted by atomic mass is 32.2. The lowest BCUT2D eigenvalue weighted by molar-refractivity contribution is -0.0257. The first-order chi connectivity index (χ1) is 9.02. The van der Waals surface area contributed by atoms with Crippen LogP contribution in [0.3, 0.4) is 0 Å². The van der Waals surface area contributed by atoms with Gasteiger partial charge in [0.05, 0.1) is 25.4 Å². The van der Waals surface area contributed by atoms with Gasteiger partial charge in [0.25, 0.3) is 0 Å². The van der Waals surface area contributed by atoms with Crippen molar-refractivity contribution in [3.63, 3.8) is 0 Å². The zero-order valence-electron chi connectivity index (χ0n) is 11.1. The lowest BCUT2D eigenvalue weighted by Crippen LogP contribution is -2.24. The number of anilines is 1. The van der Waals surface area contributed by atoms with Crippen molar-refractivity contribution < 1.29 is 19.0 Å². The van der Waals surface area contributed by atoms with E-state index < -0.39 is 6.10 Å². The molecule has 0 aliphatic carbocycles. The van der Waals surface area contributed by atoms with E-state index in [-0.39, 0.29) is 18.5 Å². The largest absolute Gasteiger partial charge is 0.399 e. The third-order valence-electron chi connectivity index (χ3n) is 2.36. The van der Waals surface area contributed by atoms with E-state index in [1.54, 1.807) is 19.2 Å². The highest BCUT2D eigenvalue weighted by Crippen LogP contribution is 2.24. The summed E-state index contributed by atoms with van der Waals surface area (Å²) < 4.78 is 23.8. The topological polar surface area (TPSA) is 64.7 Å². The van der Waals surface area contributed by atoms with E-state index in [1.807, 2.05) is 6.92 Å². The molecule has 6 heteroatoms. The minimum absolute atomic E-state index is 0.0714. The highest BCUT2D eigenvalue weighted by Gasteiger charge is 2.10. The second-order valence-corrected chi connectivity index (χ2v) is 5.32. The van der Waals surface area contributed by atoms with Crippen LogP contribution in [0.25, 0.3) is 0 Å². The van der Waals surface area contributed by atoms with Gasteiger partial charge in [-0.2, -0.15) is 0 Å². The van der Waals surface area contributed by atoms with Crippen LogP contribution in [-0.2, 0) is 9.47 Å². The number of rotatable bonds is 8. The summed E-state index contributed by atoms with van der Waals surface area (Å²) in [5.41, 5.74) is 5.85. The molecule has 0 aliphatic rings. The lowest BCUT2D eigenvalue weighted by Gasteiger charge is -2.15. The third kappa shape index (κ3) is 6.24. The summed E-state index contributed by atoms with van der Waals surface area (Å²) in [7, 11) is 1.59. The van der Waals surface area contributed by atoms with Gasteiger partial charge in [0.15, 0.2) is 0 Å². The summed E-state index contributed by atoms with van der Waals surface area (Å²) in [4.78, 5) is 0.471. The van der Waals surface area contributed by atoms with Crippen molar-refractivity contribution in [2.45, 2.75) is 24.0 Å². The van der Waals surface area contributed by atoms with Crippen LogP contribution in [0.4, 0.5) is 10.1 Å². The molecule has 1 rings (SSSR count). The summed E-state index contributed by atoms with van der Waals surface area (Å²) in [5.74, 6) is -0.00792. The standard InChI is InChI=1S/C13H20FNO3S/c1-9(6-17-2)18-7-11(16)8-19-13-4-3-10(15)5-12(13)14/h3-5,9,11,16H,6-8,15H2,1-2H3. The first kappa shape index (κ1) is 16.2. The number of thioether (sulfide) groups is 1. The summed E-state index contributed by atoms with van der Waals surface area (Å²) in [6.07, 6.45) is -0.723. The molecule has 108 valence electrons. The number of hydrogen-bond donors (Lipinski definition) is 2. The summed E-state index contributed by atoms with van der Waals surface area (Å²) >= 11 is 1.24. The van der Waals surface area contributed by atoms with Gasteiger partial charge < -0.3 is 20.3 Å². The molecule has 0 bridgehead atoms. The van der Waals surface area contributed by atoms with Crippen LogP contribution < -0.4 is 5.73 Å². The van der Waals surface area contributed by atoms with Crippen molar-refractivity contribution in [1.29, 1.82) is 0 Å². The van der Waals surface area contributed by atoms with Gasteiger partial charge in [-0.05, 0) is 25.1 Å². The van der Waals surface area contributed by atoms with E-state index in [4.69, 9.17) is 15.2 Å². The predicted octanol–water partition coefficient (Wildman–Crippen LogP) is 1.91. The molecule has 0 aromatic heterocycles. The van der Waals surface area contributed by atoms with Crippen molar-refractivity contribution in [3.05, 3.63) is 24.0 Å². The molecule has 0 aliphatic heterocycles. The third-order valence-corrected chi connectivity index (χ3v) is 3.56. The van der Waals surface area contributed by atoms with E-state index in [2.05, 4.69) is 0 Å². The second kappa shape index (κ2) is 8.37. The fraction of sp³-hybridized carbons (Fsp3) is 0.538. The van der Waals surface area contributed by atoms with Gasteiger partial charge in [0.2, 0.25) is 0 Å². The van der Waals surface area contributed by atoms with E-state index in [9.17, 15) is 9.50 Å². The molecule has 0 amide bonds. The van der Waals surface area contributed by atoms with Crippen LogP contribution in [0.1, 0.15) is 6.92 Å². The number of nitrogens with two attached hydrogens (primary N) is 1. The monoisotopic (exact) mass is 289 g/mol. The molecule has 0 fully saturated rings. The minimum atomic E-state index is -0.652. The molecule has 3 N–H and O–H groups in total. The quantitative estimate of drug-likeness (QED) is 0.565. The molecular weight excluding hydrogens is 269 g/mol. The molecule has 2 atom stereocenters. The van der Waals surface area contributed by atoms with Crippen molar-refractivity contribution in [3.8, 4) is 0 Å². The zero-order valence-corrected chi connectivity index (χ0v) is 12.0. The summed E-state index contributed by atoms with van der Waals surface area (Å²) in [6, 6.07) is 4.51. The van der Waals surface area contributed by atoms with Gasteiger partial charge in [-0.15, -0.1) is 11.8 Å². The van der Waals surface area contributed by atoms with E-state index >= 15 is 0 Å². The number of halogens is 1. The van der Waals surface area contributed by atoms with Gasteiger partial charge in [-0.3, -0.25) is 0 Å². The molecule has 4 nitrogen and oxygen atoms in total. The molecule has 0 saturated carbocycles. The van der Waals surface area contributed by atoms with Gasteiger partial charge in [0.1, 0.15) is 5.82 Å². The van der Waals surface area contributed by atoms with Gasteiger partial charge in [-0.25, -0.2) is 4.39 Å². The Labute approximate surface area is 117 Å². The summed E-state index contributed by atoms with van der Waals surface area (Å²) in [5, 5.41) is 9.74. The van der Waals surface area contributed by atoms with Crippen LogP contribution in [0, 0.1) is 5.82 Å². The van der Waals surface area contributed by atoms with Crippen LogP contribution in [-0.4, -0.2) is 43.4 Å². The zero-order chi connectivity index (χ0) is 14.3. The number of aliphatic hydroxyl groups excluding tert-OH is 1. The normalized spacial score (nSPS) is 14.3.